The van der Waals surface area contributed by atoms with Gasteiger partial charge >= 0.3 is 5.97 Å². The summed E-state index contributed by atoms with van der Waals surface area (Å²) in [6, 6.07) is 5.93. The minimum Gasteiger partial charge on any atom is -0.465 e. The maximum Gasteiger partial charge on any atom is 0.337 e. The molecule has 1 aromatic rings. The van der Waals surface area contributed by atoms with E-state index in [4.69, 9.17) is 0 Å². The molecular formula is C16H16F2O2. The Morgan fingerprint density at radius 1 is 1.35 bits per heavy atom. The lowest BCUT2D eigenvalue weighted by Crippen LogP contribution is -2.23. The van der Waals surface area contributed by atoms with Crippen molar-refractivity contribution in [3.05, 3.63) is 52.9 Å². The van der Waals surface area contributed by atoms with Gasteiger partial charge in [0.05, 0.1) is 12.7 Å². The fourth-order valence-corrected chi connectivity index (χ4v) is 2.43. The Kier molecular flexibility index (Phi) is 4.02. The SMILES string of the molecule is COC(=O)C1=C(C)C(F)C(C)C(c2cccc(F)c2)=C1. The highest BCUT2D eigenvalue weighted by Crippen LogP contribution is 2.37. The van der Waals surface area contributed by atoms with Crippen LogP contribution in [0, 0.1) is 11.7 Å². The van der Waals surface area contributed by atoms with Gasteiger partial charge in [0.25, 0.3) is 0 Å². The summed E-state index contributed by atoms with van der Waals surface area (Å²) in [5.74, 6) is -1.41. The summed E-state index contributed by atoms with van der Waals surface area (Å²) in [6.07, 6.45) is 0.309. The van der Waals surface area contributed by atoms with Crippen molar-refractivity contribution in [1.29, 1.82) is 0 Å². The molecule has 0 spiro atoms. The average molecular weight is 278 g/mol. The van der Waals surface area contributed by atoms with Crippen LogP contribution in [0.1, 0.15) is 19.4 Å². The van der Waals surface area contributed by atoms with E-state index in [1.807, 2.05) is 0 Å². The van der Waals surface area contributed by atoms with Crippen LogP contribution >= 0.6 is 0 Å². The first kappa shape index (κ1) is 14.4. The number of alkyl halides is 1. The largest absolute Gasteiger partial charge is 0.465 e. The van der Waals surface area contributed by atoms with Crippen LogP contribution in [0.3, 0.4) is 0 Å². The Morgan fingerprint density at radius 3 is 2.65 bits per heavy atom. The summed E-state index contributed by atoms with van der Waals surface area (Å²) < 4.78 is 32.3. The van der Waals surface area contributed by atoms with Crippen molar-refractivity contribution in [2.75, 3.05) is 7.11 Å². The van der Waals surface area contributed by atoms with Crippen molar-refractivity contribution in [3.63, 3.8) is 0 Å². The van der Waals surface area contributed by atoms with Gasteiger partial charge in [-0.15, -0.1) is 0 Å². The minimum absolute atomic E-state index is 0.206. The van der Waals surface area contributed by atoms with Crippen molar-refractivity contribution < 1.29 is 18.3 Å². The summed E-state index contributed by atoms with van der Waals surface area (Å²) >= 11 is 0. The van der Waals surface area contributed by atoms with Crippen LogP contribution in [0.4, 0.5) is 8.78 Å². The number of halogens is 2. The highest BCUT2D eigenvalue weighted by atomic mass is 19.1. The molecule has 4 heteroatoms. The summed E-state index contributed by atoms with van der Waals surface area (Å²) in [5.41, 5.74) is 1.74. The Balaban J connectivity index is 2.54. The number of benzene rings is 1. The van der Waals surface area contributed by atoms with E-state index in [-0.39, 0.29) is 5.57 Å². The van der Waals surface area contributed by atoms with Crippen LogP contribution in [0.2, 0.25) is 0 Å². The minimum atomic E-state index is -1.28. The predicted octanol–water partition coefficient (Wildman–Crippen LogP) is 3.69. The Bertz CT molecular complexity index is 602. The second kappa shape index (κ2) is 5.57. The monoisotopic (exact) mass is 278 g/mol. The topological polar surface area (TPSA) is 26.3 Å². The smallest absolute Gasteiger partial charge is 0.337 e. The zero-order chi connectivity index (χ0) is 14.9. The first-order valence-corrected chi connectivity index (χ1v) is 6.36. The maximum atomic E-state index is 14.4. The van der Waals surface area contributed by atoms with Crippen molar-refractivity contribution in [3.8, 4) is 0 Å². The van der Waals surface area contributed by atoms with Crippen molar-refractivity contribution >= 4 is 11.5 Å². The lowest BCUT2D eigenvalue weighted by Gasteiger charge is -2.27. The number of rotatable bonds is 2. The molecule has 0 amide bonds. The van der Waals surface area contributed by atoms with Gasteiger partial charge < -0.3 is 4.74 Å². The highest BCUT2D eigenvalue weighted by molar-refractivity contribution is 5.96. The van der Waals surface area contributed by atoms with Crippen LogP contribution < -0.4 is 0 Å². The fourth-order valence-electron chi connectivity index (χ4n) is 2.43. The Labute approximate surface area is 116 Å². The molecular weight excluding hydrogens is 262 g/mol. The number of allylic oxidation sites excluding steroid dienone is 2. The number of methoxy groups -OCH3 is 1. The zero-order valence-electron chi connectivity index (χ0n) is 11.6. The van der Waals surface area contributed by atoms with E-state index in [2.05, 4.69) is 4.74 Å². The molecule has 1 aliphatic carbocycles. The van der Waals surface area contributed by atoms with Crippen LogP contribution in [0.25, 0.3) is 5.57 Å². The lowest BCUT2D eigenvalue weighted by atomic mass is 9.80. The van der Waals surface area contributed by atoms with E-state index in [1.54, 1.807) is 32.1 Å². The van der Waals surface area contributed by atoms with E-state index >= 15 is 0 Å². The molecule has 0 radical (unpaired) electrons. The number of hydrogen-bond donors (Lipinski definition) is 0. The number of carbonyl (C=O) groups excluding carboxylic acids is 1. The molecule has 0 N–H and O–H groups in total. The van der Waals surface area contributed by atoms with Crippen LogP contribution in [0.15, 0.2) is 41.5 Å². The van der Waals surface area contributed by atoms with Gasteiger partial charge in [-0.1, -0.05) is 19.1 Å². The molecule has 0 aromatic heterocycles. The third-order valence-corrected chi connectivity index (χ3v) is 3.63. The van der Waals surface area contributed by atoms with Gasteiger partial charge in [-0.05, 0) is 41.8 Å². The molecule has 2 nitrogen and oxygen atoms in total. The third-order valence-electron chi connectivity index (χ3n) is 3.63. The highest BCUT2D eigenvalue weighted by Gasteiger charge is 2.31. The number of hydrogen-bond acceptors (Lipinski definition) is 2. The molecule has 0 bridgehead atoms. The van der Waals surface area contributed by atoms with E-state index in [1.165, 1.54) is 19.2 Å². The molecule has 0 saturated heterocycles. The molecule has 0 fully saturated rings. The molecule has 106 valence electrons. The van der Waals surface area contributed by atoms with Gasteiger partial charge in [0, 0.05) is 5.92 Å². The zero-order valence-corrected chi connectivity index (χ0v) is 11.6. The molecule has 2 rings (SSSR count). The molecule has 1 aliphatic rings. The predicted molar refractivity (Wildman–Crippen MR) is 73.2 cm³/mol. The molecule has 2 unspecified atom stereocenters. The Morgan fingerprint density at radius 2 is 2.05 bits per heavy atom. The summed E-state index contributed by atoms with van der Waals surface area (Å²) in [5, 5.41) is 0. The number of ether oxygens (including phenoxy) is 1. The molecule has 20 heavy (non-hydrogen) atoms. The van der Waals surface area contributed by atoms with Crippen LogP contribution in [-0.4, -0.2) is 19.3 Å². The van der Waals surface area contributed by atoms with Gasteiger partial charge in [0.15, 0.2) is 0 Å². The second-order valence-corrected chi connectivity index (χ2v) is 4.89. The summed E-state index contributed by atoms with van der Waals surface area (Å²) in [7, 11) is 1.25. The average Bonchev–Trinajstić information content (AvgIpc) is 2.44. The van der Waals surface area contributed by atoms with Gasteiger partial charge in [-0.25, -0.2) is 13.6 Å². The van der Waals surface area contributed by atoms with Crippen LogP contribution in [-0.2, 0) is 9.53 Å². The third kappa shape index (κ3) is 2.50. The maximum absolute atomic E-state index is 14.4. The number of carbonyl (C=O) groups is 1. The van der Waals surface area contributed by atoms with Crippen molar-refractivity contribution in [2.24, 2.45) is 5.92 Å². The first-order chi connectivity index (χ1) is 9.45. The lowest BCUT2D eigenvalue weighted by molar-refractivity contribution is -0.135. The normalized spacial score (nSPS) is 22.6. The van der Waals surface area contributed by atoms with Crippen molar-refractivity contribution in [1.82, 2.24) is 0 Å². The van der Waals surface area contributed by atoms with Gasteiger partial charge in [-0.2, -0.15) is 0 Å². The van der Waals surface area contributed by atoms with E-state index in [0.29, 0.717) is 16.7 Å². The molecule has 0 heterocycles. The Hall–Kier alpha value is -1.97. The van der Waals surface area contributed by atoms with Crippen molar-refractivity contribution in [2.45, 2.75) is 20.0 Å². The van der Waals surface area contributed by atoms with Crippen LogP contribution in [0.5, 0.6) is 0 Å². The van der Waals surface area contributed by atoms with Gasteiger partial charge in [-0.3, -0.25) is 0 Å². The molecule has 2 atom stereocenters. The van der Waals surface area contributed by atoms with E-state index in [0.717, 1.165) is 0 Å². The van der Waals surface area contributed by atoms with E-state index in [9.17, 15) is 13.6 Å². The summed E-state index contributed by atoms with van der Waals surface area (Å²) in [4.78, 5) is 11.7. The first-order valence-electron chi connectivity index (χ1n) is 6.36. The second-order valence-electron chi connectivity index (χ2n) is 4.89. The number of esters is 1. The molecule has 1 aromatic carbocycles. The quantitative estimate of drug-likeness (QED) is 0.771. The standard InChI is InChI=1S/C16H16F2O2/c1-9-13(11-5-4-6-12(17)7-11)8-14(16(19)20-3)10(2)15(9)18/h4-9,15H,1-3H3. The fraction of sp³-hybridized carbons (Fsp3) is 0.312. The molecule has 0 aliphatic heterocycles. The van der Waals surface area contributed by atoms with E-state index < -0.39 is 23.9 Å². The summed E-state index contributed by atoms with van der Waals surface area (Å²) in [6.45, 7) is 3.30. The molecule has 0 saturated carbocycles. The van der Waals surface area contributed by atoms with Gasteiger partial charge in [0.2, 0.25) is 0 Å². The van der Waals surface area contributed by atoms with Gasteiger partial charge in [0.1, 0.15) is 12.0 Å².